The summed E-state index contributed by atoms with van der Waals surface area (Å²) in [5, 5.41) is 7.16. The average molecular weight is 398 g/mol. The van der Waals surface area contributed by atoms with Gasteiger partial charge in [0.1, 0.15) is 13.2 Å². The molecule has 0 unspecified atom stereocenters. The molecule has 0 atom stereocenters. The lowest BCUT2D eigenvalue weighted by molar-refractivity contribution is -0.116. The molecule has 3 aromatic heterocycles. The molecular weight excluding hydrogens is 384 g/mol. The summed E-state index contributed by atoms with van der Waals surface area (Å²) >= 11 is 1.38. The number of fused-ring (bicyclic) bond motifs is 2. The fraction of sp³-hybridized carbons (Fsp3) is 0.222. The van der Waals surface area contributed by atoms with Crippen LogP contribution in [0.3, 0.4) is 0 Å². The topological polar surface area (TPSA) is 113 Å². The van der Waals surface area contributed by atoms with E-state index in [4.69, 9.17) is 18.4 Å². The van der Waals surface area contributed by atoms with Crippen LogP contribution in [0.15, 0.2) is 39.5 Å². The first-order chi connectivity index (χ1) is 13.7. The Morgan fingerprint density at radius 2 is 2.04 bits per heavy atom. The molecule has 0 saturated heterocycles. The van der Waals surface area contributed by atoms with Crippen molar-refractivity contribution in [3.05, 3.63) is 36.4 Å². The maximum Gasteiger partial charge on any atom is 0.238 e. The summed E-state index contributed by atoms with van der Waals surface area (Å²) in [4.78, 5) is 20.9. The Hall–Kier alpha value is -3.40. The molecule has 0 saturated carbocycles. The van der Waals surface area contributed by atoms with Crippen molar-refractivity contribution in [2.75, 3.05) is 18.5 Å². The number of carbonyl (C=O) groups is 1. The van der Waals surface area contributed by atoms with Crippen LogP contribution in [0, 0.1) is 0 Å². The van der Waals surface area contributed by atoms with Crippen molar-refractivity contribution >= 4 is 32.6 Å². The minimum absolute atomic E-state index is 0.186. The van der Waals surface area contributed by atoms with E-state index in [1.54, 1.807) is 12.1 Å². The number of thiazole rings is 1. The van der Waals surface area contributed by atoms with Gasteiger partial charge in [-0.3, -0.25) is 4.79 Å². The number of amides is 1. The molecule has 0 fully saturated rings. The van der Waals surface area contributed by atoms with Crippen LogP contribution in [0.5, 0.6) is 11.5 Å². The minimum atomic E-state index is -0.186. The van der Waals surface area contributed by atoms with Crippen LogP contribution in [-0.4, -0.2) is 34.2 Å². The van der Waals surface area contributed by atoms with Gasteiger partial charge in [-0.2, -0.15) is 4.98 Å². The van der Waals surface area contributed by atoms with Gasteiger partial charge in [-0.05, 0) is 12.1 Å². The zero-order valence-electron chi connectivity index (χ0n) is 14.5. The lowest BCUT2D eigenvalue weighted by Gasteiger charge is -2.17. The van der Waals surface area contributed by atoms with Gasteiger partial charge in [0.05, 0.1) is 16.5 Å². The van der Waals surface area contributed by atoms with Crippen LogP contribution in [-0.2, 0) is 11.2 Å². The van der Waals surface area contributed by atoms with Crippen molar-refractivity contribution in [2.45, 2.75) is 12.8 Å². The Morgan fingerprint density at radius 1 is 1.18 bits per heavy atom. The molecule has 1 aliphatic rings. The molecule has 0 spiro atoms. The number of aryl methyl sites for hydroxylation is 1. The van der Waals surface area contributed by atoms with Crippen molar-refractivity contribution in [1.82, 2.24) is 15.1 Å². The molecule has 0 aliphatic carbocycles. The second-order valence-corrected chi connectivity index (χ2v) is 7.05. The van der Waals surface area contributed by atoms with E-state index in [0.29, 0.717) is 53.7 Å². The van der Waals surface area contributed by atoms with Crippen molar-refractivity contribution in [3.63, 3.8) is 0 Å². The fourth-order valence-electron chi connectivity index (χ4n) is 2.78. The number of hydrogen-bond acceptors (Lipinski definition) is 9. The molecule has 4 aromatic rings. The lowest BCUT2D eigenvalue weighted by Crippen LogP contribution is -2.15. The third-order valence-electron chi connectivity index (χ3n) is 4.07. The van der Waals surface area contributed by atoms with Crippen molar-refractivity contribution in [2.24, 2.45) is 0 Å². The van der Waals surface area contributed by atoms with Crippen LogP contribution in [0.2, 0.25) is 0 Å². The summed E-state index contributed by atoms with van der Waals surface area (Å²) in [5.41, 5.74) is 0.754. The number of hydrogen-bond donors (Lipinski definition) is 1. The van der Waals surface area contributed by atoms with Gasteiger partial charge in [-0.25, -0.2) is 4.98 Å². The first-order valence-corrected chi connectivity index (χ1v) is 9.43. The van der Waals surface area contributed by atoms with Gasteiger partial charge in [0.2, 0.25) is 17.6 Å². The highest BCUT2D eigenvalue weighted by atomic mass is 32.1. The number of benzene rings is 1. The number of aromatic nitrogens is 3. The summed E-state index contributed by atoms with van der Waals surface area (Å²) < 4.78 is 22.4. The Balaban J connectivity index is 1.23. The van der Waals surface area contributed by atoms with Crippen LogP contribution in [0.25, 0.3) is 21.8 Å². The minimum Gasteiger partial charge on any atom is -0.486 e. The van der Waals surface area contributed by atoms with E-state index in [9.17, 15) is 4.79 Å². The van der Waals surface area contributed by atoms with E-state index >= 15 is 0 Å². The summed E-state index contributed by atoms with van der Waals surface area (Å²) in [6.07, 6.45) is 2.05. The highest BCUT2D eigenvalue weighted by Gasteiger charge is 2.17. The molecule has 0 bridgehead atoms. The van der Waals surface area contributed by atoms with E-state index in [2.05, 4.69) is 20.4 Å². The van der Waals surface area contributed by atoms with Gasteiger partial charge >= 0.3 is 0 Å². The summed E-state index contributed by atoms with van der Waals surface area (Å²) in [6, 6.07) is 7.18. The van der Waals surface area contributed by atoms with E-state index in [1.165, 1.54) is 17.6 Å². The van der Waals surface area contributed by atoms with Crippen LogP contribution in [0.4, 0.5) is 5.13 Å². The Labute approximate surface area is 162 Å². The van der Waals surface area contributed by atoms with E-state index in [0.717, 1.165) is 10.2 Å². The Morgan fingerprint density at radius 3 is 2.86 bits per heavy atom. The van der Waals surface area contributed by atoms with E-state index in [1.807, 2.05) is 12.1 Å². The molecule has 5 rings (SSSR count). The number of rotatable bonds is 5. The summed E-state index contributed by atoms with van der Waals surface area (Å²) in [5.74, 6) is 2.43. The molecule has 1 amide bonds. The number of anilines is 1. The number of ether oxygens (including phenoxy) is 2. The number of carbonyl (C=O) groups excluding carboxylic acids is 1. The highest BCUT2D eigenvalue weighted by molar-refractivity contribution is 7.22. The van der Waals surface area contributed by atoms with Crippen molar-refractivity contribution in [3.8, 4) is 23.1 Å². The predicted octanol–water partition coefficient (Wildman–Crippen LogP) is 3.28. The maximum atomic E-state index is 12.3. The summed E-state index contributed by atoms with van der Waals surface area (Å²) in [6.45, 7) is 1.04. The van der Waals surface area contributed by atoms with Crippen molar-refractivity contribution < 1.29 is 23.2 Å². The zero-order chi connectivity index (χ0) is 18.9. The van der Waals surface area contributed by atoms with E-state index in [-0.39, 0.29) is 12.3 Å². The maximum absolute atomic E-state index is 12.3. The third-order valence-corrected chi connectivity index (χ3v) is 5.01. The normalized spacial score (nSPS) is 13.0. The first kappa shape index (κ1) is 16.8. The summed E-state index contributed by atoms with van der Waals surface area (Å²) in [7, 11) is 0. The molecule has 9 nitrogen and oxygen atoms in total. The van der Waals surface area contributed by atoms with Crippen LogP contribution < -0.4 is 14.8 Å². The fourth-order valence-corrected chi connectivity index (χ4v) is 3.68. The van der Waals surface area contributed by atoms with Gasteiger partial charge in [0, 0.05) is 25.0 Å². The zero-order valence-corrected chi connectivity index (χ0v) is 15.3. The molecular formula is C18H14N4O5S. The average Bonchev–Trinajstić information content (AvgIpc) is 3.44. The standard InChI is InChI=1S/C18H14N4O5S/c23-15(3-4-16-21-17(22-27-16)11-2-1-5-24-11)20-18-19-10-8-12-13(9-14(10)28-18)26-7-6-25-12/h1-2,5,8-9H,3-4,6-7H2,(H,19,20,23). The van der Waals surface area contributed by atoms with Gasteiger partial charge in [0.15, 0.2) is 22.4 Å². The van der Waals surface area contributed by atoms with Crippen LogP contribution in [0.1, 0.15) is 12.3 Å². The lowest BCUT2D eigenvalue weighted by atomic mass is 10.3. The van der Waals surface area contributed by atoms with Crippen molar-refractivity contribution in [1.29, 1.82) is 0 Å². The monoisotopic (exact) mass is 398 g/mol. The highest BCUT2D eigenvalue weighted by Crippen LogP contribution is 2.37. The number of furan rings is 1. The molecule has 1 N–H and O–H groups in total. The van der Waals surface area contributed by atoms with Gasteiger partial charge in [0.25, 0.3) is 0 Å². The molecule has 1 aliphatic heterocycles. The first-order valence-electron chi connectivity index (χ1n) is 8.61. The molecule has 1 aromatic carbocycles. The van der Waals surface area contributed by atoms with Gasteiger partial charge in [-0.15, -0.1) is 0 Å². The van der Waals surface area contributed by atoms with Crippen LogP contribution >= 0.6 is 11.3 Å². The molecule has 10 heteroatoms. The molecule has 4 heterocycles. The van der Waals surface area contributed by atoms with Gasteiger partial charge in [-0.1, -0.05) is 16.5 Å². The van der Waals surface area contributed by atoms with Gasteiger partial charge < -0.3 is 23.7 Å². The number of nitrogens with zero attached hydrogens (tertiary/aromatic N) is 3. The predicted molar refractivity (Wildman–Crippen MR) is 99.6 cm³/mol. The molecule has 142 valence electrons. The van der Waals surface area contributed by atoms with E-state index < -0.39 is 0 Å². The molecule has 28 heavy (non-hydrogen) atoms. The Kier molecular flexibility index (Phi) is 4.17. The second-order valence-electron chi connectivity index (χ2n) is 6.02. The number of nitrogens with one attached hydrogen (secondary N) is 1. The Bertz CT molecular complexity index is 1090. The third kappa shape index (κ3) is 3.29. The molecule has 0 radical (unpaired) electrons. The SMILES string of the molecule is O=C(CCc1nc(-c2ccco2)no1)Nc1nc2cc3c(cc2s1)OCCO3. The largest absolute Gasteiger partial charge is 0.486 e. The quantitative estimate of drug-likeness (QED) is 0.545. The second kappa shape index (κ2) is 6.97. The smallest absolute Gasteiger partial charge is 0.238 e.